The highest BCUT2D eigenvalue weighted by Gasteiger charge is 2.30. The summed E-state index contributed by atoms with van der Waals surface area (Å²) in [4.78, 5) is 26.1. The number of nitrogens with zero attached hydrogens (tertiary/aromatic N) is 1. The van der Waals surface area contributed by atoms with Gasteiger partial charge in [-0.2, -0.15) is 0 Å². The molecule has 0 radical (unpaired) electrons. The first-order valence-corrected chi connectivity index (χ1v) is 7.17. The van der Waals surface area contributed by atoms with Crippen molar-refractivity contribution in [1.82, 2.24) is 0 Å². The smallest absolute Gasteiger partial charge is 0.240 e. The molecule has 19 heavy (non-hydrogen) atoms. The van der Waals surface area contributed by atoms with Crippen LogP contribution in [-0.2, 0) is 4.79 Å². The molecule has 102 valence electrons. The summed E-state index contributed by atoms with van der Waals surface area (Å²) in [7, 11) is 0. The van der Waals surface area contributed by atoms with Gasteiger partial charge in [0.15, 0.2) is 5.78 Å². The summed E-state index contributed by atoms with van der Waals surface area (Å²) in [6, 6.07) is 5.25. The summed E-state index contributed by atoms with van der Waals surface area (Å²) in [6.45, 7) is 3.11. The van der Waals surface area contributed by atoms with E-state index in [4.69, 9.17) is 0 Å². The number of fused-ring (bicyclic) bond motifs is 1. The number of hydrogen-bond acceptors (Lipinski definition) is 3. The number of anilines is 1. The van der Waals surface area contributed by atoms with Crippen molar-refractivity contribution >= 4 is 29.1 Å². The van der Waals surface area contributed by atoms with E-state index in [0.29, 0.717) is 17.7 Å². The maximum Gasteiger partial charge on any atom is 0.240 e. The molecule has 1 amide bonds. The first kappa shape index (κ1) is 14.1. The Hall–Kier alpha value is -1.36. The first-order valence-electron chi connectivity index (χ1n) is 6.29. The Morgan fingerprint density at radius 1 is 1.47 bits per heavy atom. The molecule has 0 fully saturated rings. The molecule has 0 N–H and O–H groups in total. The summed E-state index contributed by atoms with van der Waals surface area (Å²) in [6.07, 6.45) is 0.451. The Kier molecular flexibility index (Phi) is 4.24. The van der Waals surface area contributed by atoms with E-state index >= 15 is 0 Å². The van der Waals surface area contributed by atoms with Crippen molar-refractivity contribution in [2.45, 2.75) is 30.4 Å². The number of rotatable bonds is 4. The minimum absolute atomic E-state index is 0.0673. The molecule has 1 aromatic carbocycles. The SMILES string of the molecule is CCC(=O)c1ccc2c(c1)SC(C)C(=O)N2CCF. The van der Waals surface area contributed by atoms with Crippen LogP contribution in [0.3, 0.4) is 0 Å². The molecule has 0 spiro atoms. The molecule has 1 atom stereocenters. The van der Waals surface area contributed by atoms with Gasteiger partial charge in [0.2, 0.25) is 5.91 Å². The minimum atomic E-state index is -0.571. The number of carbonyl (C=O) groups excluding carboxylic acids is 2. The van der Waals surface area contributed by atoms with Crippen LogP contribution in [0, 0.1) is 0 Å². The molecule has 1 aromatic rings. The molecule has 0 aliphatic carbocycles. The average molecular weight is 281 g/mol. The number of benzene rings is 1. The van der Waals surface area contributed by atoms with Crippen LogP contribution in [0.15, 0.2) is 23.1 Å². The van der Waals surface area contributed by atoms with Gasteiger partial charge in [-0.1, -0.05) is 6.92 Å². The molecular formula is C14H16FNO2S. The number of carbonyl (C=O) groups is 2. The van der Waals surface area contributed by atoms with E-state index < -0.39 is 6.67 Å². The Morgan fingerprint density at radius 3 is 2.84 bits per heavy atom. The van der Waals surface area contributed by atoms with Crippen molar-refractivity contribution in [1.29, 1.82) is 0 Å². The highest BCUT2D eigenvalue weighted by molar-refractivity contribution is 8.01. The molecule has 0 saturated heterocycles. The van der Waals surface area contributed by atoms with Gasteiger partial charge in [-0.15, -0.1) is 11.8 Å². The fourth-order valence-corrected chi connectivity index (χ4v) is 3.21. The van der Waals surface area contributed by atoms with Gasteiger partial charge in [-0.05, 0) is 25.1 Å². The number of thioether (sulfide) groups is 1. The zero-order valence-electron chi connectivity index (χ0n) is 11.0. The Morgan fingerprint density at radius 2 is 2.21 bits per heavy atom. The lowest BCUT2D eigenvalue weighted by molar-refractivity contribution is -0.118. The van der Waals surface area contributed by atoms with Crippen LogP contribution < -0.4 is 4.90 Å². The number of Topliss-reactive ketones (excluding diaryl/α,β-unsaturated/α-hetero) is 1. The Balaban J connectivity index is 2.42. The molecular weight excluding hydrogens is 265 g/mol. The summed E-state index contributed by atoms with van der Waals surface area (Å²) >= 11 is 1.43. The zero-order chi connectivity index (χ0) is 14.0. The topological polar surface area (TPSA) is 37.4 Å². The minimum Gasteiger partial charge on any atom is -0.308 e. The molecule has 1 heterocycles. The third kappa shape index (κ3) is 2.66. The standard InChI is InChI=1S/C14H16FNO2S/c1-3-12(17)10-4-5-11-13(8-10)19-9(2)14(18)16(11)7-6-15/h4-5,8-9H,3,6-7H2,1-2H3. The van der Waals surface area contributed by atoms with Crippen molar-refractivity contribution in [3.63, 3.8) is 0 Å². The van der Waals surface area contributed by atoms with Gasteiger partial charge < -0.3 is 4.90 Å². The van der Waals surface area contributed by atoms with Crippen LogP contribution in [0.25, 0.3) is 0 Å². The fourth-order valence-electron chi connectivity index (χ4n) is 2.10. The predicted octanol–water partition coefficient (Wildman–Crippen LogP) is 3.08. The van der Waals surface area contributed by atoms with Gasteiger partial charge >= 0.3 is 0 Å². The van der Waals surface area contributed by atoms with Crippen molar-refractivity contribution < 1.29 is 14.0 Å². The van der Waals surface area contributed by atoms with Crippen LogP contribution in [0.4, 0.5) is 10.1 Å². The number of hydrogen-bond donors (Lipinski definition) is 0. The lowest BCUT2D eigenvalue weighted by Gasteiger charge is -2.31. The number of halogens is 1. The molecule has 0 saturated carbocycles. The molecule has 1 aliphatic rings. The van der Waals surface area contributed by atoms with Crippen molar-refractivity contribution in [3.05, 3.63) is 23.8 Å². The summed E-state index contributed by atoms with van der Waals surface area (Å²) in [5.41, 5.74) is 1.36. The third-order valence-electron chi connectivity index (χ3n) is 3.12. The highest BCUT2D eigenvalue weighted by atomic mass is 32.2. The van der Waals surface area contributed by atoms with Gasteiger partial charge in [-0.25, -0.2) is 4.39 Å². The lowest BCUT2D eigenvalue weighted by Crippen LogP contribution is -2.41. The number of ketones is 1. The van der Waals surface area contributed by atoms with E-state index in [2.05, 4.69) is 0 Å². The van der Waals surface area contributed by atoms with Crippen LogP contribution in [0.2, 0.25) is 0 Å². The summed E-state index contributed by atoms with van der Waals surface area (Å²) in [5.74, 6) is -0.00490. The van der Waals surface area contributed by atoms with E-state index in [1.54, 1.807) is 25.1 Å². The second-order valence-corrected chi connectivity index (χ2v) is 5.78. The summed E-state index contributed by atoms with van der Waals surface area (Å²) in [5, 5.41) is -0.244. The normalized spacial score (nSPS) is 18.4. The predicted molar refractivity (Wildman–Crippen MR) is 74.7 cm³/mol. The molecule has 1 aliphatic heterocycles. The van der Waals surface area contributed by atoms with Gasteiger partial charge in [0.05, 0.1) is 17.5 Å². The molecule has 0 bridgehead atoms. The van der Waals surface area contributed by atoms with Crippen LogP contribution >= 0.6 is 11.8 Å². The number of alkyl halides is 1. The Bertz CT molecular complexity index is 518. The molecule has 3 nitrogen and oxygen atoms in total. The maximum absolute atomic E-state index is 12.6. The van der Waals surface area contributed by atoms with Gasteiger partial charge in [0, 0.05) is 16.9 Å². The molecule has 1 unspecified atom stereocenters. The number of amides is 1. The van der Waals surface area contributed by atoms with E-state index in [-0.39, 0.29) is 23.5 Å². The fraction of sp³-hybridized carbons (Fsp3) is 0.429. The molecule has 5 heteroatoms. The quantitative estimate of drug-likeness (QED) is 0.796. The second-order valence-electron chi connectivity index (χ2n) is 4.40. The van der Waals surface area contributed by atoms with Gasteiger partial charge in [-0.3, -0.25) is 9.59 Å². The maximum atomic E-state index is 12.6. The van der Waals surface area contributed by atoms with Gasteiger partial charge in [0.1, 0.15) is 6.67 Å². The van der Waals surface area contributed by atoms with Crippen molar-refractivity contribution in [2.24, 2.45) is 0 Å². The van der Waals surface area contributed by atoms with E-state index in [1.807, 2.05) is 6.92 Å². The van der Waals surface area contributed by atoms with Crippen LogP contribution in [0.1, 0.15) is 30.6 Å². The zero-order valence-corrected chi connectivity index (χ0v) is 11.8. The van der Waals surface area contributed by atoms with Crippen LogP contribution in [0.5, 0.6) is 0 Å². The Labute approximate surface area is 116 Å². The van der Waals surface area contributed by atoms with E-state index in [0.717, 1.165) is 4.90 Å². The van der Waals surface area contributed by atoms with E-state index in [1.165, 1.54) is 16.7 Å². The second kappa shape index (κ2) is 5.74. The molecule has 2 rings (SSSR count). The first-order chi connectivity index (χ1) is 9.08. The lowest BCUT2D eigenvalue weighted by atomic mass is 10.1. The van der Waals surface area contributed by atoms with Crippen LogP contribution in [-0.4, -0.2) is 30.2 Å². The van der Waals surface area contributed by atoms with Crippen molar-refractivity contribution in [2.75, 3.05) is 18.1 Å². The van der Waals surface area contributed by atoms with E-state index in [9.17, 15) is 14.0 Å². The summed E-state index contributed by atoms with van der Waals surface area (Å²) < 4.78 is 12.6. The molecule has 0 aromatic heterocycles. The third-order valence-corrected chi connectivity index (χ3v) is 4.26. The average Bonchev–Trinajstić information content (AvgIpc) is 2.42. The highest BCUT2D eigenvalue weighted by Crippen LogP contribution is 2.39. The monoisotopic (exact) mass is 281 g/mol. The van der Waals surface area contributed by atoms with Crippen molar-refractivity contribution in [3.8, 4) is 0 Å². The largest absolute Gasteiger partial charge is 0.308 e. The van der Waals surface area contributed by atoms with Gasteiger partial charge in [0.25, 0.3) is 0 Å².